The van der Waals surface area contributed by atoms with Gasteiger partial charge >= 0.3 is 5.97 Å². The zero-order chi connectivity index (χ0) is 22.4. The molecule has 3 aromatic rings. The van der Waals surface area contributed by atoms with E-state index in [9.17, 15) is 9.90 Å². The molecule has 0 bridgehead atoms. The van der Waals surface area contributed by atoms with Gasteiger partial charge in [-0.05, 0) is 42.2 Å². The summed E-state index contributed by atoms with van der Waals surface area (Å²) < 4.78 is 5.66. The number of halogens is 2. The standard InChI is InChI=1S/C24H26Cl2N2O3/c1-3-23-28-14-20(31-23)13-27-19(10-15(2)24(29)30)11-16-4-6-17(7-5-16)21-12-18(25)8-9-22(21)26/h4-9,12,14-15,19,27H,3,10-11,13H2,1-2H3,(H,29,30). The Hall–Kier alpha value is -2.34. The van der Waals surface area contributed by atoms with E-state index in [-0.39, 0.29) is 6.04 Å². The number of aryl methyl sites for hydroxylation is 1. The van der Waals surface area contributed by atoms with Crippen LogP contribution in [0.3, 0.4) is 0 Å². The van der Waals surface area contributed by atoms with Crippen molar-refractivity contribution in [2.24, 2.45) is 5.92 Å². The highest BCUT2D eigenvalue weighted by Gasteiger charge is 2.19. The molecule has 0 aliphatic heterocycles. The summed E-state index contributed by atoms with van der Waals surface area (Å²) in [6, 6.07) is 13.5. The zero-order valence-corrected chi connectivity index (χ0v) is 19.1. The molecule has 0 fully saturated rings. The van der Waals surface area contributed by atoms with Crippen LogP contribution in [-0.2, 0) is 24.2 Å². The third-order valence-electron chi connectivity index (χ3n) is 5.20. The minimum absolute atomic E-state index is 0.0260. The number of nitrogens with one attached hydrogen (secondary N) is 1. The molecule has 2 atom stereocenters. The molecule has 0 saturated heterocycles. The fourth-order valence-electron chi connectivity index (χ4n) is 3.43. The lowest BCUT2D eigenvalue weighted by molar-refractivity contribution is -0.141. The first-order valence-corrected chi connectivity index (χ1v) is 11.1. The number of aromatic nitrogens is 1. The fourth-order valence-corrected chi connectivity index (χ4v) is 3.83. The number of nitrogens with zero attached hydrogens (tertiary/aromatic N) is 1. The Balaban J connectivity index is 1.71. The fraction of sp³-hybridized carbons (Fsp3) is 0.333. The molecule has 0 radical (unpaired) electrons. The van der Waals surface area contributed by atoms with Gasteiger partial charge in [-0.3, -0.25) is 4.79 Å². The molecule has 1 aromatic heterocycles. The second kappa shape index (κ2) is 10.8. The largest absolute Gasteiger partial charge is 0.481 e. The number of carbonyl (C=O) groups is 1. The number of carboxylic acid groups (broad SMARTS) is 1. The smallest absolute Gasteiger partial charge is 0.306 e. The van der Waals surface area contributed by atoms with E-state index in [0.29, 0.717) is 35.3 Å². The van der Waals surface area contributed by atoms with Crippen molar-refractivity contribution in [3.8, 4) is 11.1 Å². The van der Waals surface area contributed by atoms with E-state index in [4.69, 9.17) is 27.6 Å². The van der Waals surface area contributed by atoms with Gasteiger partial charge in [-0.1, -0.05) is 61.3 Å². The van der Waals surface area contributed by atoms with Crippen LogP contribution < -0.4 is 5.32 Å². The van der Waals surface area contributed by atoms with E-state index in [2.05, 4.69) is 10.3 Å². The molecule has 164 valence electrons. The highest BCUT2D eigenvalue weighted by Crippen LogP contribution is 2.31. The van der Waals surface area contributed by atoms with Gasteiger partial charge in [0, 0.05) is 28.1 Å². The predicted molar refractivity (Wildman–Crippen MR) is 124 cm³/mol. The summed E-state index contributed by atoms with van der Waals surface area (Å²) in [6.07, 6.45) is 3.65. The van der Waals surface area contributed by atoms with Crippen molar-refractivity contribution < 1.29 is 14.3 Å². The van der Waals surface area contributed by atoms with Crippen LogP contribution in [0.2, 0.25) is 10.0 Å². The number of hydrogen-bond acceptors (Lipinski definition) is 4. The quantitative estimate of drug-likeness (QED) is 0.386. The van der Waals surface area contributed by atoms with E-state index >= 15 is 0 Å². The molecule has 0 aliphatic rings. The van der Waals surface area contributed by atoms with Gasteiger partial charge in [-0.15, -0.1) is 0 Å². The molecule has 2 aromatic carbocycles. The molecule has 0 aliphatic carbocycles. The first-order chi connectivity index (χ1) is 14.9. The molecule has 7 heteroatoms. The summed E-state index contributed by atoms with van der Waals surface area (Å²) in [4.78, 5) is 15.6. The Kier molecular flexibility index (Phi) is 8.13. The molecule has 31 heavy (non-hydrogen) atoms. The predicted octanol–water partition coefficient (Wildman–Crippen LogP) is 6.02. The van der Waals surface area contributed by atoms with Gasteiger partial charge in [0.1, 0.15) is 5.76 Å². The lowest BCUT2D eigenvalue weighted by atomic mass is 9.95. The monoisotopic (exact) mass is 460 g/mol. The second-order valence-electron chi connectivity index (χ2n) is 7.65. The van der Waals surface area contributed by atoms with E-state index in [1.54, 1.807) is 25.3 Å². The maximum atomic E-state index is 11.4. The van der Waals surface area contributed by atoms with Crippen LogP contribution in [0.4, 0.5) is 0 Å². The Morgan fingerprint density at radius 1 is 1.19 bits per heavy atom. The third-order valence-corrected chi connectivity index (χ3v) is 5.77. The molecule has 0 saturated carbocycles. The molecule has 0 spiro atoms. The Bertz CT molecular complexity index is 1020. The first kappa shape index (κ1) is 23.3. The zero-order valence-electron chi connectivity index (χ0n) is 17.6. The molecule has 2 N–H and O–H groups in total. The van der Waals surface area contributed by atoms with Crippen molar-refractivity contribution in [2.75, 3.05) is 0 Å². The minimum atomic E-state index is -0.800. The molecular weight excluding hydrogens is 435 g/mol. The lowest BCUT2D eigenvalue weighted by Crippen LogP contribution is -2.34. The highest BCUT2D eigenvalue weighted by molar-refractivity contribution is 6.35. The van der Waals surface area contributed by atoms with Crippen molar-refractivity contribution in [2.45, 2.75) is 45.7 Å². The number of aliphatic carboxylic acids is 1. The number of rotatable bonds is 10. The molecular formula is C24H26Cl2N2O3. The summed E-state index contributed by atoms with van der Waals surface area (Å²) >= 11 is 12.4. The van der Waals surface area contributed by atoms with Crippen molar-refractivity contribution in [1.29, 1.82) is 0 Å². The number of carboxylic acids is 1. The van der Waals surface area contributed by atoms with Gasteiger partial charge in [0.2, 0.25) is 0 Å². The summed E-state index contributed by atoms with van der Waals surface area (Å²) in [5.41, 5.74) is 2.96. The molecule has 1 heterocycles. The first-order valence-electron chi connectivity index (χ1n) is 10.3. The van der Waals surface area contributed by atoms with Crippen LogP contribution in [0, 0.1) is 5.92 Å². The van der Waals surface area contributed by atoms with Crippen LogP contribution in [-0.4, -0.2) is 22.1 Å². The van der Waals surface area contributed by atoms with Crippen molar-refractivity contribution in [3.05, 3.63) is 75.9 Å². The van der Waals surface area contributed by atoms with E-state index in [0.717, 1.165) is 28.9 Å². The summed E-state index contributed by atoms with van der Waals surface area (Å²) in [5.74, 6) is 0.187. The maximum absolute atomic E-state index is 11.4. The minimum Gasteiger partial charge on any atom is -0.481 e. The van der Waals surface area contributed by atoms with Gasteiger partial charge in [-0.25, -0.2) is 4.98 Å². The van der Waals surface area contributed by atoms with Gasteiger partial charge in [0.05, 0.1) is 18.7 Å². The molecule has 0 amide bonds. The van der Waals surface area contributed by atoms with Crippen LogP contribution >= 0.6 is 23.2 Å². The lowest BCUT2D eigenvalue weighted by Gasteiger charge is -2.20. The topological polar surface area (TPSA) is 75.4 Å². The van der Waals surface area contributed by atoms with Crippen LogP contribution in [0.25, 0.3) is 11.1 Å². The molecule has 3 rings (SSSR count). The molecule has 5 nitrogen and oxygen atoms in total. The highest BCUT2D eigenvalue weighted by atomic mass is 35.5. The Morgan fingerprint density at radius 2 is 1.94 bits per heavy atom. The average Bonchev–Trinajstić information content (AvgIpc) is 3.22. The average molecular weight is 461 g/mol. The van der Waals surface area contributed by atoms with Crippen LogP contribution in [0.5, 0.6) is 0 Å². The molecule has 2 unspecified atom stereocenters. The normalized spacial score (nSPS) is 13.2. The Morgan fingerprint density at radius 3 is 2.58 bits per heavy atom. The number of hydrogen-bond donors (Lipinski definition) is 2. The third kappa shape index (κ3) is 6.57. The summed E-state index contributed by atoms with van der Waals surface area (Å²) in [6.45, 7) is 4.21. The van der Waals surface area contributed by atoms with Crippen LogP contribution in [0.15, 0.2) is 53.1 Å². The van der Waals surface area contributed by atoms with E-state index < -0.39 is 11.9 Å². The van der Waals surface area contributed by atoms with Gasteiger partial charge in [-0.2, -0.15) is 0 Å². The maximum Gasteiger partial charge on any atom is 0.306 e. The van der Waals surface area contributed by atoms with Gasteiger partial charge in [0.25, 0.3) is 0 Å². The van der Waals surface area contributed by atoms with Crippen LogP contribution in [0.1, 0.15) is 37.5 Å². The van der Waals surface area contributed by atoms with Crippen molar-refractivity contribution >= 4 is 29.2 Å². The summed E-state index contributed by atoms with van der Waals surface area (Å²) in [7, 11) is 0. The van der Waals surface area contributed by atoms with Crippen molar-refractivity contribution in [3.63, 3.8) is 0 Å². The summed E-state index contributed by atoms with van der Waals surface area (Å²) in [5, 5.41) is 14.1. The Labute approximate surface area is 192 Å². The van der Waals surface area contributed by atoms with E-state index in [1.807, 2.05) is 37.3 Å². The van der Waals surface area contributed by atoms with Gasteiger partial charge in [0.15, 0.2) is 5.89 Å². The van der Waals surface area contributed by atoms with Gasteiger partial charge < -0.3 is 14.8 Å². The number of oxazole rings is 1. The van der Waals surface area contributed by atoms with Crippen molar-refractivity contribution in [1.82, 2.24) is 10.3 Å². The SMILES string of the molecule is CCc1ncc(CNC(Cc2ccc(-c3cc(Cl)ccc3Cl)cc2)CC(C)C(=O)O)o1. The second-order valence-corrected chi connectivity index (χ2v) is 8.50. The number of benzene rings is 2. The van der Waals surface area contributed by atoms with E-state index in [1.165, 1.54) is 0 Å².